The molecule has 1 atom stereocenters. The highest BCUT2D eigenvalue weighted by atomic mass is 16.7. The first-order valence-corrected chi connectivity index (χ1v) is 9.23. The molecule has 2 saturated heterocycles. The third-order valence-electron chi connectivity index (χ3n) is 5.96. The van der Waals surface area contributed by atoms with Crippen LogP contribution in [0, 0.1) is 0 Å². The Morgan fingerprint density at radius 3 is 2.04 bits per heavy atom. The molecule has 0 N–H and O–H groups in total. The van der Waals surface area contributed by atoms with Crippen LogP contribution >= 0.6 is 0 Å². The second-order valence-corrected chi connectivity index (χ2v) is 9.28. The second kappa shape index (κ2) is 5.86. The van der Waals surface area contributed by atoms with Crippen molar-refractivity contribution in [2.45, 2.75) is 84.1 Å². The Morgan fingerprint density at radius 2 is 1.54 bits per heavy atom. The monoisotopic (exact) mass is 329 g/mol. The Bertz CT molecular complexity index is 573. The summed E-state index contributed by atoms with van der Waals surface area (Å²) in [4.78, 5) is 2.62. The maximum Gasteiger partial charge on any atom is 0.494 e. The van der Waals surface area contributed by atoms with Gasteiger partial charge >= 0.3 is 7.12 Å². The van der Waals surface area contributed by atoms with Crippen molar-refractivity contribution in [1.82, 2.24) is 4.90 Å². The Hall–Kier alpha value is -0.835. The fourth-order valence-corrected chi connectivity index (χ4v) is 3.77. The summed E-state index contributed by atoms with van der Waals surface area (Å²) >= 11 is 0. The normalized spacial score (nSPS) is 27.0. The Labute approximate surface area is 147 Å². The zero-order valence-corrected chi connectivity index (χ0v) is 16.3. The van der Waals surface area contributed by atoms with Crippen LogP contribution in [0.2, 0.25) is 0 Å². The number of rotatable bonds is 2. The molecule has 0 aliphatic carbocycles. The second-order valence-electron chi connectivity index (χ2n) is 9.28. The van der Waals surface area contributed by atoms with E-state index in [4.69, 9.17) is 9.31 Å². The molecule has 1 aromatic rings. The highest BCUT2D eigenvalue weighted by molar-refractivity contribution is 6.62. The van der Waals surface area contributed by atoms with Crippen molar-refractivity contribution in [2.75, 3.05) is 6.54 Å². The zero-order chi connectivity index (χ0) is 17.8. The topological polar surface area (TPSA) is 21.7 Å². The van der Waals surface area contributed by atoms with Crippen molar-refractivity contribution in [2.24, 2.45) is 0 Å². The van der Waals surface area contributed by atoms with E-state index in [0.29, 0.717) is 6.04 Å². The number of hydrogen-bond acceptors (Lipinski definition) is 3. The maximum atomic E-state index is 6.16. The third kappa shape index (κ3) is 3.16. The van der Waals surface area contributed by atoms with Gasteiger partial charge in [-0.1, -0.05) is 24.3 Å². The van der Waals surface area contributed by atoms with E-state index in [1.807, 2.05) is 0 Å². The van der Waals surface area contributed by atoms with Gasteiger partial charge in [0.15, 0.2) is 0 Å². The lowest BCUT2D eigenvalue weighted by atomic mass is 9.78. The van der Waals surface area contributed by atoms with Crippen LogP contribution in [0.15, 0.2) is 24.3 Å². The van der Waals surface area contributed by atoms with Crippen molar-refractivity contribution < 1.29 is 9.31 Å². The van der Waals surface area contributed by atoms with Crippen molar-refractivity contribution in [3.05, 3.63) is 29.8 Å². The van der Waals surface area contributed by atoms with Crippen LogP contribution < -0.4 is 5.46 Å². The molecule has 2 fully saturated rings. The molecule has 24 heavy (non-hydrogen) atoms. The SMILES string of the molecule is CC(C)(C)N1CCCC1c1ccc(B2OC(C)(C)C(C)(C)O2)cc1. The standard InChI is InChI=1S/C20H32BNO2/c1-18(2,3)22-14-8-9-17(22)15-10-12-16(13-11-15)21-23-19(4,5)20(6,7)24-21/h10-13,17H,8-9,14H2,1-7H3. The van der Waals surface area contributed by atoms with E-state index in [-0.39, 0.29) is 23.9 Å². The van der Waals surface area contributed by atoms with Gasteiger partial charge in [-0.2, -0.15) is 0 Å². The number of nitrogens with zero attached hydrogens (tertiary/aromatic N) is 1. The summed E-state index contributed by atoms with van der Waals surface area (Å²) < 4.78 is 12.3. The van der Waals surface area contributed by atoms with Gasteiger partial charge in [0.2, 0.25) is 0 Å². The largest absolute Gasteiger partial charge is 0.494 e. The highest BCUT2D eigenvalue weighted by Crippen LogP contribution is 2.38. The minimum Gasteiger partial charge on any atom is -0.399 e. The zero-order valence-electron chi connectivity index (χ0n) is 16.3. The minimum atomic E-state index is -0.287. The van der Waals surface area contributed by atoms with Crippen molar-refractivity contribution in [3.8, 4) is 0 Å². The summed E-state index contributed by atoms with van der Waals surface area (Å²) in [7, 11) is -0.272. The molecule has 4 heteroatoms. The first kappa shape index (κ1) is 18.0. The molecule has 0 radical (unpaired) electrons. The molecular weight excluding hydrogens is 297 g/mol. The average Bonchev–Trinajstić information content (AvgIpc) is 3.02. The van der Waals surface area contributed by atoms with E-state index in [1.165, 1.54) is 24.9 Å². The van der Waals surface area contributed by atoms with E-state index >= 15 is 0 Å². The summed E-state index contributed by atoms with van der Waals surface area (Å²) in [5, 5.41) is 0. The van der Waals surface area contributed by atoms with Gasteiger partial charge < -0.3 is 9.31 Å². The van der Waals surface area contributed by atoms with Gasteiger partial charge in [-0.25, -0.2) is 0 Å². The first-order valence-electron chi connectivity index (χ1n) is 9.23. The van der Waals surface area contributed by atoms with Gasteiger partial charge in [-0.15, -0.1) is 0 Å². The number of likely N-dealkylation sites (tertiary alicyclic amines) is 1. The highest BCUT2D eigenvalue weighted by Gasteiger charge is 2.51. The maximum absolute atomic E-state index is 6.16. The van der Waals surface area contributed by atoms with E-state index in [0.717, 1.165) is 5.46 Å². The predicted octanol–water partition coefficient (Wildman–Crippen LogP) is 3.92. The summed E-state index contributed by atoms with van der Waals surface area (Å²) in [6, 6.07) is 9.40. The Balaban J connectivity index is 1.77. The molecule has 132 valence electrons. The molecule has 3 rings (SSSR count). The fraction of sp³-hybridized carbons (Fsp3) is 0.700. The molecule has 2 heterocycles. The lowest BCUT2D eigenvalue weighted by Gasteiger charge is -2.37. The number of benzene rings is 1. The summed E-state index contributed by atoms with van der Waals surface area (Å²) in [6.45, 7) is 16.5. The Morgan fingerprint density at radius 1 is 1.00 bits per heavy atom. The van der Waals surface area contributed by atoms with Crippen LogP contribution in [0.3, 0.4) is 0 Å². The van der Waals surface area contributed by atoms with Crippen LogP contribution in [0.1, 0.15) is 72.9 Å². The van der Waals surface area contributed by atoms with Gasteiger partial charge in [-0.05, 0) is 78.9 Å². The van der Waals surface area contributed by atoms with E-state index in [1.54, 1.807) is 0 Å². The predicted molar refractivity (Wildman–Crippen MR) is 101 cm³/mol. The van der Waals surface area contributed by atoms with Crippen LogP contribution in [-0.2, 0) is 9.31 Å². The van der Waals surface area contributed by atoms with E-state index in [9.17, 15) is 0 Å². The van der Waals surface area contributed by atoms with Gasteiger partial charge in [0, 0.05) is 11.6 Å². The van der Waals surface area contributed by atoms with Crippen LogP contribution in [0.4, 0.5) is 0 Å². The smallest absolute Gasteiger partial charge is 0.399 e. The first-order chi connectivity index (χ1) is 11.0. The minimum absolute atomic E-state index is 0.214. The lowest BCUT2D eigenvalue weighted by Crippen LogP contribution is -2.41. The number of hydrogen-bond donors (Lipinski definition) is 0. The van der Waals surface area contributed by atoms with Gasteiger partial charge in [-0.3, -0.25) is 4.90 Å². The van der Waals surface area contributed by atoms with Crippen molar-refractivity contribution >= 4 is 12.6 Å². The van der Waals surface area contributed by atoms with E-state index < -0.39 is 0 Å². The van der Waals surface area contributed by atoms with Crippen LogP contribution in [0.5, 0.6) is 0 Å². The van der Waals surface area contributed by atoms with Crippen LogP contribution in [0.25, 0.3) is 0 Å². The molecule has 3 nitrogen and oxygen atoms in total. The fourth-order valence-electron chi connectivity index (χ4n) is 3.77. The molecule has 0 saturated carbocycles. The summed E-state index contributed by atoms with van der Waals surface area (Å²) in [6.07, 6.45) is 2.52. The molecule has 0 amide bonds. The van der Waals surface area contributed by atoms with Gasteiger partial charge in [0.1, 0.15) is 0 Å². The van der Waals surface area contributed by atoms with Gasteiger partial charge in [0.25, 0.3) is 0 Å². The van der Waals surface area contributed by atoms with Crippen molar-refractivity contribution in [3.63, 3.8) is 0 Å². The molecule has 0 aromatic heterocycles. The molecule has 1 unspecified atom stereocenters. The van der Waals surface area contributed by atoms with Crippen molar-refractivity contribution in [1.29, 1.82) is 0 Å². The molecule has 2 aliphatic rings. The van der Waals surface area contributed by atoms with Crippen LogP contribution in [-0.4, -0.2) is 35.3 Å². The average molecular weight is 329 g/mol. The lowest BCUT2D eigenvalue weighted by molar-refractivity contribution is 0.00578. The molecule has 0 spiro atoms. The molecule has 0 bridgehead atoms. The van der Waals surface area contributed by atoms with Gasteiger partial charge in [0.05, 0.1) is 11.2 Å². The molecule has 1 aromatic carbocycles. The third-order valence-corrected chi connectivity index (χ3v) is 5.96. The molecular formula is C20H32BNO2. The summed E-state index contributed by atoms with van der Waals surface area (Å²) in [5.74, 6) is 0. The summed E-state index contributed by atoms with van der Waals surface area (Å²) in [5.41, 5.74) is 2.15. The molecule has 2 aliphatic heterocycles. The Kier molecular flexibility index (Phi) is 4.39. The quantitative estimate of drug-likeness (QED) is 0.768. The van der Waals surface area contributed by atoms with E-state index in [2.05, 4.69) is 77.6 Å².